The van der Waals surface area contributed by atoms with Gasteiger partial charge >= 0.3 is 0 Å². The van der Waals surface area contributed by atoms with E-state index in [2.05, 4.69) is 181 Å². The fraction of sp³-hybridized carbons (Fsp3) is 0.0238. The van der Waals surface area contributed by atoms with Crippen LogP contribution in [0.2, 0.25) is 15.1 Å². The summed E-state index contributed by atoms with van der Waals surface area (Å²) in [5, 5.41) is 40.6. The van der Waals surface area contributed by atoms with Crippen molar-refractivity contribution in [2.75, 3.05) is 0 Å². The summed E-state index contributed by atoms with van der Waals surface area (Å²) in [4.78, 5) is 26.6. The van der Waals surface area contributed by atoms with E-state index in [1.165, 1.54) is 32.7 Å². The van der Waals surface area contributed by atoms with E-state index in [-0.39, 0.29) is 85.3 Å². The molecule has 0 aliphatic carbocycles. The van der Waals surface area contributed by atoms with E-state index in [0.29, 0.717) is 26.2 Å². The molecule has 0 radical (unpaired) electrons. The number of halogens is 8. The molecule has 114 heavy (non-hydrogen) atoms. The van der Waals surface area contributed by atoms with E-state index >= 15 is 0 Å². The molecule has 0 saturated heterocycles. The SMILES string of the molecule is NC(N)=N/[NH+]=C/c1cn(C(=O)c2ccc3ccccc3c2)c2ccc(Cl)cc12.NC(N)=N/[NH+]=C/c1cn(C(=O)c2cccc3ccccc23)c2ccc(Cl)cc12.NC(N)=N/[NH+]=C/c1cn(Cc2cccc3ccccc23)c2ccc(Br)cc12.NC(N)=N/[NH+]=C/c1cn(Cc2cccc3ccccc23)c2ccc(Cl)cc12.[Cl-].[Cl-].[Cl-].[Cl-]. The number of hydrogen-bond donors (Lipinski definition) is 12. The first-order valence-electron chi connectivity index (χ1n) is 34.2. The first kappa shape index (κ1) is 85.5. The second-order valence-corrected chi connectivity index (χ2v) is 27.4. The molecule has 0 unspecified atom stereocenters. The Morgan fingerprint density at radius 1 is 0.333 bits per heavy atom. The summed E-state index contributed by atoms with van der Waals surface area (Å²) in [6.45, 7) is 1.52. The Hall–Kier alpha value is -12.6. The van der Waals surface area contributed by atoms with Gasteiger partial charge in [-0.25, -0.2) is 0 Å². The minimum absolute atomic E-state index is 0. The molecule has 4 aromatic heterocycles. The molecule has 22 nitrogen and oxygen atoms in total. The fourth-order valence-electron chi connectivity index (χ4n) is 13.0. The number of benzene rings is 12. The molecule has 30 heteroatoms. The van der Waals surface area contributed by atoms with Gasteiger partial charge in [-0.05, 0) is 145 Å². The molecule has 16 rings (SSSR count). The van der Waals surface area contributed by atoms with Crippen LogP contribution in [0.4, 0.5) is 0 Å². The highest BCUT2D eigenvalue weighted by atomic mass is 79.9. The van der Waals surface area contributed by atoms with Gasteiger partial charge in [0.1, 0.15) is 0 Å². The number of nitrogens with one attached hydrogen (secondary N) is 4. The van der Waals surface area contributed by atoms with Crippen molar-refractivity contribution >= 4 is 198 Å². The number of hydrogen-bond acceptors (Lipinski definition) is 6. The van der Waals surface area contributed by atoms with Crippen LogP contribution < -0.4 is 116 Å². The molecular formula is C84H72BrCl7N20O2. The van der Waals surface area contributed by atoms with Crippen molar-refractivity contribution in [3.05, 3.63) is 331 Å². The minimum atomic E-state index is -0.139. The quantitative estimate of drug-likeness (QED) is 0.0286. The van der Waals surface area contributed by atoms with Gasteiger partial charge in [-0.3, -0.25) is 18.7 Å². The van der Waals surface area contributed by atoms with Crippen LogP contribution in [0.5, 0.6) is 0 Å². The van der Waals surface area contributed by atoms with Crippen molar-refractivity contribution in [2.24, 2.45) is 66.3 Å². The Kier molecular flexibility index (Phi) is 29.3. The molecule has 0 atom stereocenters. The van der Waals surface area contributed by atoms with Crippen molar-refractivity contribution in [1.29, 1.82) is 0 Å². The van der Waals surface area contributed by atoms with Gasteiger partial charge < -0.3 is 105 Å². The molecule has 16 aromatic rings. The third-order valence-corrected chi connectivity index (χ3v) is 19.1. The lowest BCUT2D eigenvalue weighted by Gasteiger charge is -2.09. The molecule has 0 spiro atoms. The fourth-order valence-corrected chi connectivity index (χ4v) is 13.9. The molecule has 0 amide bonds. The van der Waals surface area contributed by atoms with Crippen LogP contribution in [0.3, 0.4) is 0 Å². The van der Waals surface area contributed by atoms with Crippen molar-refractivity contribution in [3.8, 4) is 0 Å². The third-order valence-electron chi connectivity index (χ3n) is 17.9. The first-order chi connectivity index (χ1) is 53.3. The number of rotatable bonds is 14. The van der Waals surface area contributed by atoms with Crippen LogP contribution in [0.1, 0.15) is 54.1 Å². The average Bonchev–Trinajstić information content (AvgIpc) is 1.61. The summed E-state index contributed by atoms with van der Waals surface area (Å²) in [6, 6.07) is 79.6. The molecule has 576 valence electrons. The van der Waals surface area contributed by atoms with Gasteiger partial charge in [-0.1, -0.05) is 202 Å². The smallest absolute Gasteiger partial charge is 0.263 e. The zero-order valence-electron chi connectivity index (χ0n) is 60.2. The highest BCUT2D eigenvalue weighted by molar-refractivity contribution is 9.10. The average molecular weight is 1720 g/mol. The van der Waals surface area contributed by atoms with Crippen LogP contribution in [0.15, 0.2) is 292 Å². The van der Waals surface area contributed by atoms with E-state index in [9.17, 15) is 9.59 Å². The van der Waals surface area contributed by atoms with E-state index in [1.807, 2.05) is 115 Å². The summed E-state index contributed by atoms with van der Waals surface area (Å²) in [7, 11) is 0. The van der Waals surface area contributed by atoms with Crippen LogP contribution >= 0.6 is 50.7 Å². The maximum atomic E-state index is 13.4. The molecule has 20 N–H and O–H groups in total. The van der Waals surface area contributed by atoms with Crippen molar-refractivity contribution in [1.82, 2.24) is 18.3 Å². The van der Waals surface area contributed by atoms with Crippen molar-refractivity contribution in [3.63, 3.8) is 0 Å². The third kappa shape index (κ3) is 20.2. The number of carbonyl (C=O) groups excluding carboxylic acids is 2. The number of carbonyl (C=O) groups is 2. The molecular weight excluding hydrogens is 1650 g/mol. The maximum Gasteiger partial charge on any atom is 0.263 e. The van der Waals surface area contributed by atoms with Gasteiger partial charge in [-0.2, -0.15) is 0 Å². The van der Waals surface area contributed by atoms with E-state index in [0.717, 1.165) is 105 Å². The summed E-state index contributed by atoms with van der Waals surface area (Å²) < 4.78 is 8.67. The second kappa shape index (κ2) is 39.1. The number of hydrazone groups is 4. The number of aromatic nitrogens is 4. The van der Waals surface area contributed by atoms with Gasteiger partial charge in [-0.15, -0.1) is 20.4 Å². The van der Waals surface area contributed by atoms with Crippen LogP contribution in [-0.4, -0.2) is 78.8 Å². The largest absolute Gasteiger partial charge is 1.00 e. The Balaban J connectivity index is 0.000000172. The summed E-state index contributed by atoms with van der Waals surface area (Å²) in [5.41, 5.74) is 53.7. The topological polar surface area (TPSA) is 367 Å². The summed E-state index contributed by atoms with van der Waals surface area (Å²) >= 11 is 22.1. The molecule has 0 saturated carbocycles. The number of fused-ring (bicyclic) bond motifs is 8. The van der Waals surface area contributed by atoms with Gasteiger partial charge in [0.2, 0.25) is 24.9 Å². The molecule has 4 heterocycles. The summed E-state index contributed by atoms with van der Waals surface area (Å²) in [5.74, 6) is -0.490. The molecule has 0 bridgehead atoms. The summed E-state index contributed by atoms with van der Waals surface area (Å²) in [6.07, 6.45) is 14.4. The van der Waals surface area contributed by atoms with Crippen molar-refractivity contribution in [2.45, 2.75) is 13.1 Å². The van der Waals surface area contributed by atoms with E-state index < -0.39 is 0 Å². The number of nitrogens with two attached hydrogens (primary N) is 8. The predicted octanol–water partition coefficient (Wildman–Crippen LogP) is -3.86. The van der Waals surface area contributed by atoms with Gasteiger partial charge in [0, 0.05) is 122 Å². The van der Waals surface area contributed by atoms with Crippen LogP contribution in [0.25, 0.3) is 86.7 Å². The first-order valence-corrected chi connectivity index (χ1v) is 36.1. The monoisotopic (exact) mass is 1720 g/mol. The van der Waals surface area contributed by atoms with Crippen LogP contribution in [-0.2, 0) is 13.1 Å². The van der Waals surface area contributed by atoms with Gasteiger partial charge in [0.05, 0.1) is 33.3 Å². The Labute approximate surface area is 701 Å². The molecule has 0 aliphatic rings. The maximum absolute atomic E-state index is 13.4. The number of nitrogens with zero attached hydrogens (tertiary/aromatic N) is 8. The van der Waals surface area contributed by atoms with Gasteiger partial charge in [0.25, 0.3) is 35.7 Å². The molecule has 0 aliphatic heterocycles. The lowest BCUT2D eigenvalue weighted by Crippen LogP contribution is -3.00. The standard InChI is InChI=1S/C21H18BrN5.2C21H16ClN5O.C21H18ClN5.4ClH/c22-17-8-9-20-19(10-17)16(11-25-26-21(23)24)13-27(20)12-15-6-3-5-14-4-1-2-7-18(14)15;22-15-8-9-19-18(10-15)14(11-25-26-21(23)24)12-27(19)20(28)17-7-3-5-13-4-1-2-6-16(13)17;22-17-7-8-19-18(10-17)16(11-25-26-21(23)24)12-27(19)20(28)15-6-5-13-3-1-2-4-14(13)9-15;22-17-8-9-20-19(10-17)16(11-25-26-21(23)24)13-27(20)12-15-6-3-5-14-4-1-2-7-18(14)15;;;;/h1-11,13H,12H2,(H4,23,24,26);2*1-12H,(H4,23,24,26);1-11,13H,12H2,(H4,23,24,26);4*1H/b4*25-11+;;;;. The molecule has 12 aromatic carbocycles. The predicted molar refractivity (Wildman–Crippen MR) is 452 cm³/mol. The van der Waals surface area contributed by atoms with E-state index in [4.69, 9.17) is 80.7 Å². The zero-order chi connectivity index (χ0) is 77.0. The normalized spacial score (nSPS) is 11.0. The molecule has 0 fully saturated rings. The lowest BCUT2D eigenvalue weighted by molar-refractivity contribution is -0.456. The highest BCUT2D eigenvalue weighted by Crippen LogP contribution is 2.32. The zero-order valence-corrected chi connectivity index (χ0v) is 67.0. The highest BCUT2D eigenvalue weighted by Gasteiger charge is 2.21. The Bertz CT molecular complexity index is 6270. The van der Waals surface area contributed by atoms with Crippen molar-refractivity contribution < 1.29 is 79.6 Å². The number of guanidine groups is 4. The van der Waals surface area contributed by atoms with Gasteiger partial charge in [0.15, 0.2) is 0 Å². The van der Waals surface area contributed by atoms with Crippen LogP contribution in [0, 0.1) is 0 Å². The Morgan fingerprint density at radius 3 is 1.12 bits per heavy atom. The Morgan fingerprint density at radius 2 is 0.675 bits per heavy atom. The lowest BCUT2D eigenvalue weighted by atomic mass is 10.0. The minimum Gasteiger partial charge on any atom is -1.00 e. The van der Waals surface area contributed by atoms with E-state index in [1.54, 1.807) is 70.7 Å². The second-order valence-electron chi connectivity index (χ2n) is 25.2.